The average molecular weight is 491 g/mol. The molecule has 2 heterocycles. The molecule has 32 heavy (non-hydrogen) atoms. The number of hydrogen-bond acceptors (Lipinski definition) is 5. The van der Waals surface area contributed by atoms with E-state index in [4.69, 9.17) is 0 Å². The summed E-state index contributed by atoms with van der Waals surface area (Å²) in [5, 5.41) is 0. The van der Waals surface area contributed by atoms with Crippen LogP contribution < -0.4 is 0 Å². The van der Waals surface area contributed by atoms with Gasteiger partial charge in [-0.1, -0.05) is 0 Å². The van der Waals surface area contributed by atoms with Crippen molar-refractivity contribution in [3.63, 3.8) is 0 Å². The normalized spacial score (nSPS) is 26.7. The number of ether oxygens (including phenoxy) is 2. The molecule has 4 atom stereocenters. The molecule has 0 aromatic carbocycles. The van der Waals surface area contributed by atoms with Crippen LogP contribution in [0.25, 0.3) is 0 Å². The fourth-order valence-corrected chi connectivity index (χ4v) is 3.75. The summed E-state index contributed by atoms with van der Waals surface area (Å²) in [4.78, 5) is 35.8. The van der Waals surface area contributed by atoms with Gasteiger partial charge in [-0.2, -0.15) is 43.9 Å². The monoisotopic (exact) mass is 491 g/mol. The molecule has 6 nitrogen and oxygen atoms in total. The molecular weight excluding hydrogens is 476 g/mol. The summed E-state index contributed by atoms with van der Waals surface area (Å²) >= 11 is 0. The predicted molar refractivity (Wildman–Crippen MR) is 80.3 cm³/mol. The molecule has 0 N–H and O–H groups in total. The maximum absolute atomic E-state index is 13.6. The molecule has 0 aromatic rings. The maximum Gasteiger partial charge on any atom is 0.465 e. The molecule has 16 heteroatoms. The Kier molecular flexibility index (Phi) is 6.69. The quantitative estimate of drug-likeness (QED) is 0.437. The highest BCUT2D eigenvalue weighted by atomic mass is 19.4. The van der Waals surface area contributed by atoms with Crippen LogP contribution in [0.3, 0.4) is 0 Å². The molecule has 0 aliphatic carbocycles. The Balaban J connectivity index is 2.39. The first kappa shape index (κ1) is 26.0. The maximum atomic E-state index is 13.6. The zero-order valence-electron chi connectivity index (χ0n) is 15.9. The molecule has 1 amide bonds. The summed E-state index contributed by atoms with van der Waals surface area (Å²) < 4.78 is 138. The number of rotatable bonds is 5. The first-order valence-electron chi connectivity index (χ1n) is 8.97. The molecule has 0 saturated carbocycles. The van der Waals surface area contributed by atoms with Crippen molar-refractivity contribution in [3.8, 4) is 0 Å². The fourth-order valence-electron chi connectivity index (χ4n) is 3.75. The molecule has 0 radical (unpaired) electrons. The number of fused-ring (bicyclic) bond motifs is 2. The highest BCUT2D eigenvalue weighted by molar-refractivity contribution is 5.87. The fraction of sp³-hybridized carbons (Fsp3) is 0.812. The number of halogens is 10. The summed E-state index contributed by atoms with van der Waals surface area (Å²) in [5.41, 5.74) is 0. The summed E-state index contributed by atoms with van der Waals surface area (Å²) in [6.45, 7) is 0.829. The molecule has 2 rings (SSSR count). The van der Waals surface area contributed by atoms with Gasteiger partial charge in [-0.3, -0.25) is 9.59 Å². The lowest BCUT2D eigenvalue weighted by Gasteiger charge is -2.44. The number of piperidine rings is 1. The number of hydrogen-bond donors (Lipinski definition) is 0. The molecule has 2 fully saturated rings. The molecule has 0 aromatic heterocycles. The van der Waals surface area contributed by atoms with E-state index in [9.17, 15) is 58.3 Å². The van der Waals surface area contributed by atoms with E-state index in [0.29, 0.717) is 0 Å². The van der Waals surface area contributed by atoms with Crippen LogP contribution in [0.5, 0.6) is 0 Å². The van der Waals surface area contributed by atoms with Crippen LogP contribution in [0, 0.1) is 5.92 Å². The van der Waals surface area contributed by atoms with E-state index in [0.717, 1.165) is 0 Å². The van der Waals surface area contributed by atoms with Crippen molar-refractivity contribution in [2.45, 2.75) is 68.6 Å². The lowest BCUT2D eigenvalue weighted by atomic mass is 9.86. The van der Waals surface area contributed by atoms with Gasteiger partial charge >= 0.3 is 42.0 Å². The molecule has 2 aliphatic heterocycles. The predicted octanol–water partition coefficient (Wildman–Crippen LogP) is 3.24. The zero-order chi connectivity index (χ0) is 24.9. The average Bonchev–Trinajstić information content (AvgIpc) is 2.93. The number of carbonyl (C=O) groups excluding carboxylic acids is 3. The third kappa shape index (κ3) is 4.31. The van der Waals surface area contributed by atoms with E-state index < -0.39 is 85.6 Å². The largest absolute Gasteiger partial charge is 0.466 e. The second-order valence-electron chi connectivity index (χ2n) is 7.11. The van der Waals surface area contributed by atoms with Crippen LogP contribution in [0.2, 0.25) is 0 Å². The van der Waals surface area contributed by atoms with Gasteiger partial charge in [0.05, 0.1) is 6.61 Å². The highest BCUT2D eigenvalue weighted by Gasteiger charge is 2.69. The summed E-state index contributed by atoms with van der Waals surface area (Å²) in [7, 11) is 0. The minimum atomic E-state index is -6.35. The van der Waals surface area contributed by atoms with E-state index in [1.165, 1.54) is 6.92 Å². The first-order valence-corrected chi connectivity index (χ1v) is 8.97. The van der Waals surface area contributed by atoms with Crippen LogP contribution in [0.4, 0.5) is 43.9 Å². The van der Waals surface area contributed by atoms with E-state index >= 15 is 0 Å². The van der Waals surface area contributed by atoms with Crippen LogP contribution in [0.1, 0.15) is 26.2 Å². The van der Waals surface area contributed by atoms with E-state index in [2.05, 4.69) is 9.47 Å². The lowest BCUT2D eigenvalue weighted by Crippen LogP contribution is -2.63. The first-order chi connectivity index (χ1) is 14.4. The number of amides is 1. The van der Waals surface area contributed by atoms with Crippen molar-refractivity contribution in [1.82, 2.24) is 4.90 Å². The smallest absolute Gasteiger partial charge is 0.465 e. The molecule has 2 saturated heterocycles. The van der Waals surface area contributed by atoms with Gasteiger partial charge in [0.25, 0.3) is 0 Å². The second kappa shape index (κ2) is 8.24. The number of esters is 2. The minimum Gasteiger partial charge on any atom is -0.466 e. The van der Waals surface area contributed by atoms with Gasteiger partial charge in [-0.05, 0) is 19.8 Å². The number of nitrogens with zero attached hydrogens (tertiary/aromatic N) is 1. The summed E-state index contributed by atoms with van der Waals surface area (Å²) in [6.07, 6.45) is -16.4. The van der Waals surface area contributed by atoms with Crippen LogP contribution >= 0.6 is 0 Å². The Morgan fingerprint density at radius 3 is 1.88 bits per heavy atom. The highest BCUT2D eigenvalue weighted by Crippen LogP contribution is 2.46. The molecule has 0 spiro atoms. The van der Waals surface area contributed by atoms with Gasteiger partial charge in [0, 0.05) is 18.5 Å². The van der Waals surface area contributed by atoms with Gasteiger partial charge in [0.15, 0.2) is 0 Å². The Morgan fingerprint density at radius 2 is 1.41 bits per heavy atom. The van der Waals surface area contributed by atoms with Crippen LogP contribution in [0.15, 0.2) is 0 Å². The second-order valence-corrected chi connectivity index (χ2v) is 7.11. The Labute approximate surface area is 172 Å². The van der Waals surface area contributed by atoms with Gasteiger partial charge in [0.2, 0.25) is 0 Å². The van der Waals surface area contributed by atoms with E-state index in [1.807, 2.05) is 0 Å². The van der Waals surface area contributed by atoms with Crippen molar-refractivity contribution in [3.05, 3.63) is 0 Å². The van der Waals surface area contributed by atoms with Gasteiger partial charge in [-0.25, -0.2) is 4.79 Å². The summed E-state index contributed by atoms with van der Waals surface area (Å²) in [6, 6.07) is -3.35. The van der Waals surface area contributed by atoms with Crippen molar-refractivity contribution in [1.29, 1.82) is 0 Å². The Hall–Kier alpha value is -2.29. The SMILES string of the molecule is CCOC(=O)C1C(OC(=O)C(F)(F)C(F)(F)F)CC2CCC1N2C(=O)C(F)(F)C(F)(F)F. The van der Waals surface area contributed by atoms with Crippen molar-refractivity contribution >= 4 is 17.8 Å². The molecule has 4 unspecified atom stereocenters. The van der Waals surface area contributed by atoms with Gasteiger partial charge in [-0.15, -0.1) is 0 Å². The van der Waals surface area contributed by atoms with Gasteiger partial charge < -0.3 is 14.4 Å². The molecular formula is C16H15F10NO5. The third-order valence-corrected chi connectivity index (χ3v) is 5.15. The molecule has 184 valence electrons. The third-order valence-electron chi connectivity index (χ3n) is 5.15. The number of carbonyl (C=O) groups is 3. The minimum absolute atomic E-state index is 0.0430. The van der Waals surface area contributed by atoms with Gasteiger partial charge in [0.1, 0.15) is 12.0 Å². The zero-order valence-corrected chi connectivity index (χ0v) is 15.9. The van der Waals surface area contributed by atoms with Crippen molar-refractivity contribution in [2.75, 3.05) is 6.61 Å². The Bertz CT molecular complexity index is 765. The van der Waals surface area contributed by atoms with Crippen molar-refractivity contribution < 1.29 is 67.8 Å². The van der Waals surface area contributed by atoms with E-state index in [-0.39, 0.29) is 11.3 Å². The van der Waals surface area contributed by atoms with Crippen LogP contribution in [-0.2, 0) is 23.9 Å². The van der Waals surface area contributed by atoms with Crippen molar-refractivity contribution in [2.24, 2.45) is 5.92 Å². The topological polar surface area (TPSA) is 72.9 Å². The number of alkyl halides is 10. The Morgan fingerprint density at radius 1 is 0.875 bits per heavy atom. The molecule has 2 aliphatic rings. The van der Waals surface area contributed by atoms with Crippen LogP contribution in [-0.4, -0.2) is 71.7 Å². The van der Waals surface area contributed by atoms with E-state index in [1.54, 1.807) is 0 Å². The lowest BCUT2D eigenvalue weighted by molar-refractivity contribution is -0.284. The standard InChI is InChI=1S/C16H15F10NO5/c1-2-31-10(28)9-7-4-3-6(27(7)11(29)13(17,18)15(21,22)23)5-8(9)32-12(30)14(19,20)16(24,25)26/h6-9H,2-5H2,1H3. The summed E-state index contributed by atoms with van der Waals surface area (Å²) in [5.74, 6) is -21.2. The molecule has 2 bridgehead atoms.